The highest BCUT2D eigenvalue weighted by Gasteiger charge is 2.19. The van der Waals surface area contributed by atoms with Gasteiger partial charge in [-0.25, -0.2) is 9.97 Å². The Balaban J connectivity index is 1.58. The number of nitrogens with one attached hydrogen (secondary N) is 1. The Kier molecular flexibility index (Phi) is 5.61. The number of imidazole rings is 2. The number of benzene rings is 2. The number of anilines is 1. The fraction of sp³-hybridized carbons (Fsp3) is 0.174. The predicted molar refractivity (Wildman–Crippen MR) is 116 cm³/mol. The molecule has 2 aromatic carbocycles. The second kappa shape index (κ2) is 8.65. The SMILES string of the molecule is COc1ccccc1NC(=O)CCn1cnc(-c2ccccc2)c1-c1nccn1C. The van der Waals surface area contributed by atoms with Gasteiger partial charge in [0.2, 0.25) is 5.91 Å². The highest BCUT2D eigenvalue weighted by Crippen LogP contribution is 2.30. The van der Waals surface area contributed by atoms with Crippen molar-refractivity contribution in [3.05, 3.63) is 73.3 Å². The van der Waals surface area contributed by atoms with Crippen molar-refractivity contribution in [2.45, 2.75) is 13.0 Å². The van der Waals surface area contributed by atoms with Crippen molar-refractivity contribution < 1.29 is 9.53 Å². The lowest BCUT2D eigenvalue weighted by atomic mass is 10.1. The smallest absolute Gasteiger partial charge is 0.226 e. The number of carbonyl (C=O) groups is 1. The molecule has 0 atom stereocenters. The standard InChI is InChI=1S/C23H23N5O2/c1-27-15-13-24-23(27)22-21(17-8-4-3-5-9-17)25-16-28(22)14-12-20(29)26-18-10-6-7-11-19(18)30-2/h3-11,13,15-16H,12,14H2,1-2H3,(H,26,29). The van der Waals surface area contributed by atoms with E-state index in [0.717, 1.165) is 22.8 Å². The first-order valence-corrected chi connectivity index (χ1v) is 9.68. The second-order valence-electron chi connectivity index (χ2n) is 6.86. The van der Waals surface area contributed by atoms with Gasteiger partial charge in [0, 0.05) is 38.0 Å². The van der Waals surface area contributed by atoms with Crippen molar-refractivity contribution in [1.82, 2.24) is 19.1 Å². The summed E-state index contributed by atoms with van der Waals surface area (Å²) in [5.41, 5.74) is 3.39. The van der Waals surface area contributed by atoms with Crippen LogP contribution in [-0.4, -0.2) is 32.1 Å². The van der Waals surface area contributed by atoms with Crippen LogP contribution in [0.4, 0.5) is 5.69 Å². The van der Waals surface area contributed by atoms with Gasteiger partial charge in [-0.3, -0.25) is 4.79 Å². The molecule has 0 unspecified atom stereocenters. The van der Waals surface area contributed by atoms with Crippen LogP contribution in [0.2, 0.25) is 0 Å². The Morgan fingerprint density at radius 2 is 1.83 bits per heavy atom. The Hall–Kier alpha value is -3.87. The van der Waals surface area contributed by atoms with Crippen LogP contribution in [0.1, 0.15) is 6.42 Å². The molecule has 0 saturated heterocycles. The number of methoxy groups -OCH3 is 1. The van der Waals surface area contributed by atoms with E-state index in [9.17, 15) is 4.79 Å². The summed E-state index contributed by atoms with van der Waals surface area (Å²) in [6.45, 7) is 0.475. The van der Waals surface area contributed by atoms with E-state index in [4.69, 9.17) is 4.74 Å². The first-order valence-electron chi connectivity index (χ1n) is 9.68. The normalized spacial score (nSPS) is 10.7. The number of aryl methyl sites for hydroxylation is 2. The lowest BCUT2D eigenvalue weighted by molar-refractivity contribution is -0.116. The van der Waals surface area contributed by atoms with Crippen LogP contribution in [0.3, 0.4) is 0 Å². The summed E-state index contributed by atoms with van der Waals surface area (Å²) in [4.78, 5) is 21.7. The van der Waals surface area contributed by atoms with E-state index in [0.29, 0.717) is 24.4 Å². The number of hydrogen-bond acceptors (Lipinski definition) is 4. The van der Waals surface area contributed by atoms with Crippen molar-refractivity contribution in [2.75, 3.05) is 12.4 Å². The molecule has 152 valence electrons. The summed E-state index contributed by atoms with van der Waals surface area (Å²) in [6, 6.07) is 17.3. The van der Waals surface area contributed by atoms with Gasteiger partial charge in [0.15, 0.2) is 5.82 Å². The number of amides is 1. The van der Waals surface area contributed by atoms with Gasteiger partial charge in [0.05, 0.1) is 24.8 Å². The molecule has 0 radical (unpaired) electrons. The molecule has 2 aromatic heterocycles. The average Bonchev–Trinajstić information content (AvgIpc) is 3.38. The average molecular weight is 401 g/mol. The molecular weight excluding hydrogens is 378 g/mol. The van der Waals surface area contributed by atoms with Crippen LogP contribution in [0, 0.1) is 0 Å². The van der Waals surface area contributed by atoms with E-state index >= 15 is 0 Å². The molecule has 4 rings (SSSR count). The number of aromatic nitrogens is 4. The molecule has 0 saturated carbocycles. The van der Waals surface area contributed by atoms with Gasteiger partial charge in [-0.15, -0.1) is 0 Å². The van der Waals surface area contributed by atoms with E-state index in [-0.39, 0.29) is 5.91 Å². The lowest BCUT2D eigenvalue weighted by Crippen LogP contribution is -2.15. The molecule has 7 heteroatoms. The summed E-state index contributed by atoms with van der Waals surface area (Å²) in [5.74, 6) is 1.34. The minimum absolute atomic E-state index is 0.0970. The van der Waals surface area contributed by atoms with Crippen LogP contribution in [0.15, 0.2) is 73.3 Å². The topological polar surface area (TPSA) is 74.0 Å². The number of carbonyl (C=O) groups excluding carboxylic acids is 1. The van der Waals surface area contributed by atoms with Gasteiger partial charge in [-0.05, 0) is 12.1 Å². The van der Waals surface area contributed by atoms with Crippen LogP contribution in [-0.2, 0) is 18.4 Å². The predicted octanol–water partition coefficient (Wildman–Crippen LogP) is 3.99. The molecule has 4 aromatic rings. The van der Waals surface area contributed by atoms with Crippen molar-refractivity contribution in [1.29, 1.82) is 0 Å². The molecule has 0 aliphatic rings. The molecule has 0 aliphatic heterocycles. The number of ether oxygens (including phenoxy) is 1. The summed E-state index contributed by atoms with van der Waals surface area (Å²) in [6.07, 6.45) is 5.72. The highest BCUT2D eigenvalue weighted by molar-refractivity contribution is 5.92. The lowest BCUT2D eigenvalue weighted by Gasteiger charge is -2.12. The molecule has 1 N–H and O–H groups in total. The van der Waals surface area contributed by atoms with Crippen molar-refractivity contribution in [2.24, 2.45) is 7.05 Å². The Bertz CT molecular complexity index is 1150. The van der Waals surface area contributed by atoms with Gasteiger partial charge >= 0.3 is 0 Å². The Labute approximate surface area is 175 Å². The fourth-order valence-electron chi connectivity index (χ4n) is 3.37. The third-order valence-corrected chi connectivity index (χ3v) is 4.88. The Morgan fingerprint density at radius 3 is 2.57 bits per heavy atom. The van der Waals surface area contributed by atoms with Gasteiger partial charge in [-0.2, -0.15) is 0 Å². The first kappa shape index (κ1) is 19.4. The number of hydrogen-bond donors (Lipinski definition) is 1. The number of nitrogens with zero attached hydrogens (tertiary/aromatic N) is 4. The molecule has 7 nitrogen and oxygen atoms in total. The van der Waals surface area contributed by atoms with E-state index in [1.807, 2.05) is 77.0 Å². The third kappa shape index (κ3) is 3.96. The van der Waals surface area contributed by atoms with E-state index in [1.54, 1.807) is 19.6 Å². The van der Waals surface area contributed by atoms with Crippen molar-refractivity contribution in [3.63, 3.8) is 0 Å². The van der Waals surface area contributed by atoms with Gasteiger partial charge in [-0.1, -0.05) is 42.5 Å². The minimum atomic E-state index is -0.0970. The zero-order chi connectivity index (χ0) is 20.9. The van der Waals surface area contributed by atoms with E-state index < -0.39 is 0 Å². The van der Waals surface area contributed by atoms with Gasteiger partial charge in [0.1, 0.15) is 11.4 Å². The number of para-hydroxylation sites is 2. The van der Waals surface area contributed by atoms with Gasteiger partial charge in [0.25, 0.3) is 0 Å². The van der Waals surface area contributed by atoms with Crippen molar-refractivity contribution in [3.8, 4) is 28.5 Å². The molecule has 0 aliphatic carbocycles. The van der Waals surface area contributed by atoms with Crippen LogP contribution in [0.5, 0.6) is 5.75 Å². The molecule has 1 amide bonds. The maximum absolute atomic E-state index is 12.6. The number of rotatable bonds is 7. The summed E-state index contributed by atoms with van der Waals surface area (Å²) in [7, 11) is 3.53. The summed E-state index contributed by atoms with van der Waals surface area (Å²) >= 11 is 0. The maximum Gasteiger partial charge on any atom is 0.226 e. The molecule has 0 bridgehead atoms. The highest BCUT2D eigenvalue weighted by atomic mass is 16.5. The molecule has 0 spiro atoms. The fourth-order valence-corrected chi connectivity index (χ4v) is 3.37. The first-order chi connectivity index (χ1) is 14.7. The van der Waals surface area contributed by atoms with E-state index in [2.05, 4.69) is 15.3 Å². The third-order valence-electron chi connectivity index (χ3n) is 4.88. The minimum Gasteiger partial charge on any atom is -0.495 e. The summed E-state index contributed by atoms with van der Waals surface area (Å²) < 4.78 is 9.23. The quantitative estimate of drug-likeness (QED) is 0.508. The zero-order valence-corrected chi connectivity index (χ0v) is 16.9. The molecule has 30 heavy (non-hydrogen) atoms. The van der Waals surface area contributed by atoms with Gasteiger partial charge < -0.3 is 19.2 Å². The van der Waals surface area contributed by atoms with Crippen molar-refractivity contribution >= 4 is 11.6 Å². The van der Waals surface area contributed by atoms with Crippen LogP contribution >= 0.6 is 0 Å². The monoisotopic (exact) mass is 401 g/mol. The van der Waals surface area contributed by atoms with Crippen LogP contribution in [0.25, 0.3) is 22.8 Å². The summed E-state index contributed by atoms with van der Waals surface area (Å²) in [5, 5.41) is 2.92. The maximum atomic E-state index is 12.6. The molecule has 0 fully saturated rings. The van der Waals surface area contributed by atoms with E-state index in [1.165, 1.54) is 0 Å². The molecular formula is C23H23N5O2. The van der Waals surface area contributed by atoms with Crippen LogP contribution < -0.4 is 10.1 Å². The Morgan fingerprint density at radius 1 is 1.07 bits per heavy atom. The second-order valence-corrected chi connectivity index (χ2v) is 6.86. The zero-order valence-electron chi connectivity index (χ0n) is 16.9. The molecule has 2 heterocycles. The largest absolute Gasteiger partial charge is 0.495 e.